The van der Waals surface area contributed by atoms with Crippen molar-refractivity contribution in [3.8, 4) is 11.1 Å². The van der Waals surface area contributed by atoms with Gasteiger partial charge in [0.15, 0.2) is 6.10 Å². The predicted octanol–water partition coefficient (Wildman–Crippen LogP) is 4.48. The summed E-state index contributed by atoms with van der Waals surface area (Å²) in [6.07, 6.45) is -1.79. The van der Waals surface area contributed by atoms with Crippen LogP contribution in [0.15, 0.2) is 66.7 Å². The molecule has 0 fully saturated rings. The van der Waals surface area contributed by atoms with Crippen molar-refractivity contribution in [3.05, 3.63) is 87.0 Å². The van der Waals surface area contributed by atoms with Crippen LogP contribution in [0, 0.1) is 3.57 Å². The third-order valence-corrected chi connectivity index (χ3v) is 6.38. The zero-order valence-corrected chi connectivity index (χ0v) is 20.9. The first kappa shape index (κ1) is 24.7. The molecule has 0 bridgehead atoms. The van der Waals surface area contributed by atoms with Gasteiger partial charge in [0.05, 0.1) is 6.54 Å². The minimum Gasteiger partial charge on any atom is -0.479 e. The molecule has 0 heterocycles. The highest BCUT2D eigenvalue weighted by Crippen LogP contribution is 2.44. The van der Waals surface area contributed by atoms with Crippen molar-refractivity contribution in [1.82, 2.24) is 5.32 Å². The second-order valence-corrected chi connectivity index (χ2v) is 9.20. The first-order valence-corrected chi connectivity index (χ1v) is 11.9. The molecule has 2 amide bonds. The first-order valence-electron chi connectivity index (χ1n) is 10.8. The number of ether oxygens (including phenoxy) is 2. The number of rotatable bonds is 8. The smallest absolute Gasteiger partial charge is 0.411 e. The molecular formula is C26H23IN2O6. The van der Waals surface area contributed by atoms with Crippen molar-refractivity contribution < 1.29 is 29.0 Å². The lowest BCUT2D eigenvalue weighted by molar-refractivity contribution is -0.148. The molecule has 0 aliphatic heterocycles. The third-order valence-electron chi connectivity index (χ3n) is 5.76. The highest BCUT2D eigenvalue weighted by Gasteiger charge is 2.29. The summed E-state index contributed by atoms with van der Waals surface area (Å²) in [5.41, 5.74) is 5.18. The molecule has 0 aromatic heterocycles. The number of amides is 2. The summed E-state index contributed by atoms with van der Waals surface area (Å²) < 4.78 is 11.1. The van der Waals surface area contributed by atoms with Gasteiger partial charge in [0, 0.05) is 27.8 Å². The van der Waals surface area contributed by atoms with Crippen molar-refractivity contribution in [1.29, 1.82) is 0 Å². The topological polar surface area (TPSA) is 114 Å². The van der Waals surface area contributed by atoms with Gasteiger partial charge in [-0.05, 0) is 63.0 Å². The van der Waals surface area contributed by atoms with Crippen LogP contribution in [0.4, 0.5) is 10.5 Å². The summed E-state index contributed by atoms with van der Waals surface area (Å²) >= 11 is 2.03. The largest absolute Gasteiger partial charge is 0.479 e. The van der Waals surface area contributed by atoms with Crippen molar-refractivity contribution in [2.75, 3.05) is 25.6 Å². The van der Waals surface area contributed by atoms with Crippen LogP contribution < -0.4 is 10.6 Å². The zero-order valence-electron chi connectivity index (χ0n) is 18.8. The summed E-state index contributed by atoms with van der Waals surface area (Å²) in [4.78, 5) is 36.2. The van der Waals surface area contributed by atoms with Gasteiger partial charge in [-0.1, -0.05) is 48.5 Å². The Morgan fingerprint density at radius 2 is 1.63 bits per heavy atom. The van der Waals surface area contributed by atoms with Gasteiger partial charge in [0.2, 0.25) is 0 Å². The molecule has 4 rings (SSSR count). The van der Waals surface area contributed by atoms with Crippen molar-refractivity contribution >= 4 is 46.2 Å². The number of hydrogen-bond acceptors (Lipinski definition) is 5. The summed E-state index contributed by atoms with van der Waals surface area (Å²) in [6.45, 7) is -0.0179. The van der Waals surface area contributed by atoms with E-state index in [2.05, 4.69) is 22.8 Å². The molecule has 0 saturated heterocycles. The Balaban J connectivity index is 1.40. The molecule has 0 spiro atoms. The van der Waals surface area contributed by atoms with E-state index in [1.165, 1.54) is 13.2 Å². The fraction of sp³-hybridized carbons (Fsp3) is 0.192. The molecule has 3 aromatic rings. The molecule has 35 heavy (non-hydrogen) atoms. The van der Waals surface area contributed by atoms with Gasteiger partial charge >= 0.3 is 12.1 Å². The highest BCUT2D eigenvalue weighted by molar-refractivity contribution is 14.1. The molecule has 1 unspecified atom stereocenters. The monoisotopic (exact) mass is 586 g/mol. The van der Waals surface area contributed by atoms with E-state index in [1.54, 1.807) is 12.1 Å². The third kappa shape index (κ3) is 5.63. The summed E-state index contributed by atoms with van der Waals surface area (Å²) in [5, 5.41) is 14.3. The van der Waals surface area contributed by atoms with Gasteiger partial charge < -0.3 is 19.9 Å². The molecule has 0 saturated carbocycles. The Hall–Kier alpha value is -3.44. The van der Waals surface area contributed by atoms with Gasteiger partial charge in [-0.25, -0.2) is 9.59 Å². The van der Waals surface area contributed by atoms with Crippen molar-refractivity contribution in [2.24, 2.45) is 0 Å². The second-order valence-electron chi connectivity index (χ2n) is 7.95. The van der Waals surface area contributed by atoms with Gasteiger partial charge in [-0.2, -0.15) is 0 Å². The number of anilines is 1. The molecule has 180 valence electrons. The van der Waals surface area contributed by atoms with Crippen LogP contribution in [0.1, 0.15) is 27.4 Å². The number of halogens is 1. The second kappa shape index (κ2) is 10.9. The number of carbonyl (C=O) groups excluding carboxylic acids is 2. The van der Waals surface area contributed by atoms with Crippen LogP contribution in [-0.2, 0) is 14.3 Å². The SMILES string of the molecule is COC(CNC(=O)c1cc(I)cc(NC(=O)OCC2c3ccccc3-c3ccccc32)c1)C(=O)O. The first-order chi connectivity index (χ1) is 16.9. The Labute approximate surface area is 215 Å². The number of carboxylic acid groups (broad SMARTS) is 1. The Bertz CT molecular complexity index is 1230. The Morgan fingerprint density at radius 3 is 2.23 bits per heavy atom. The standard InChI is InChI=1S/C26H23IN2O6/c1-34-23(25(31)32)13-28-24(30)15-10-16(27)12-17(11-15)29-26(33)35-14-22-20-8-4-2-6-18(20)19-7-3-5-9-21(19)22/h2-12,22-23H,13-14H2,1H3,(H,28,30)(H,29,33)(H,31,32). The van der Waals surface area contributed by atoms with Gasteiger partial charge in [0.1, 0.15) is 6.61 Å². The molecule has 1 aliphatic rings. The number of methoxy groups -OCH3 is 1. The fourth-order valence-corrected chi connectivity index (χ4v) is 4.78. The molecule has 1 atom stereocenters. The minimum absolute atomic E-state index is 0.0617. The van der Waals surface area contributed by atoms with Crippen LogP contribution in [0.3, 0.4) is 0 Å². The maximum Gasteiger partial charge on any atom is 0.411 e. The quantitative estimate of drug-likeness (QED) is 0.336. The Kier molecular flexibility index (Phi) is 7.67. The van der Waals surface area contributed by atoms with E-state index < -0.39 is 24.1 Å². The van der Waals surface area contributed by atoms with Crippen LogP contribution in [0.2, 0.25) is 0 Å². The molecule has 3 N–H and O–H groups in total. The van der Waals surface area contributed by atoms with E-state index in [0.29, 0.717) is 9.26 Å². The van der Waals surface area contributed by atoms with E-state index in [-0.39, 0.29) is 24.6 Å². The number of nitrogens with one attached hydrogen (secondary N) is 2. The van der Waals surface area contributed by atoms with E-state index >= 15 is 0 Å². The van der Waals surface area contributed by atoms with E-state index in [1.807, 2.05) is 59.0 Å². The van der Waals surface area contributed by atoms with Gasteiger partial charge in [-0.15, -0.1) is 0 Å². The van der Waals surface area contributed by atoms with Gasteiger partial charge in [-0.3, -0.25) is 10.1 Å². The van der Waals surface area contributed by atoms with Crippen LogP contribution in [-0.4, -0.2) is 49.4 Å². The van der Waals surface area contributed by atoms with Crippen LogP contribution >= 0.6 is 22.6 Å². The highest BCUT2D eigenvalue weighted by atomic mass is 127. The van der Waals surface area contributed by atoms with E-state index in [9.17, 15) is 14.4 Å². The number of hydrogen-bond donors (Lipinski definition) is 3. The fourth-order valence-electron chi connectivity index (χ4n) is 4.10. The number of aliphatic carboxylic acids is 1. The molecule has 0 radical (unpaired) electrons. The summed E-state index contributed by atoms with van der Waals surface area (Å²) in [6, 6.07) is 21.0. The van der Waals surface area contributed by atoms with Crippen LogP contribution in [0.25, 0.3) is 11.1 Å². The minimum atomic E-state index is -1.17. The normalized spacial score (nSPS) is 12.9. The molecule has 3 aromatic carbocycles. The lowest BCUT2D eigenvalue weighted by atomic mass is 9.98. The predicted molar refractivity (Wildman–Crippen MR) is 139 cm³/mol. The molecule has 1 aliphatic carbocycles. The van der Waals surface area contributed by atoms with E-state index in [0.717, 1.165) is 22.3 Å². The number of carbonyl (C=O) groups is 3. The number of fused-ring (bicyclic) bond motifs is 3. The van der Waals surface area contributed by atoms with Crippen molar-refractivity contribution in [2.45, 2.75) is 12.0 Å². The lowest BCUT2D eigenvalue weighted by Gasteiger charge is -2.15. The maximum atomic E-state index is 12.6. The number of benzene rings is 3. The maximum absolute atomic E-state index is 12.6. The van der Waals surface area contributed by atoms with Crippen molar-refractivity contribution in [3.63, 3.8) is 0 Å². The number of carboxylic acids is 1. The zero-order chi connectivity index (χ0) is 24.9. The lowest BCUT2D eigenvalue weighted by Crippen LogP contribution is -2.37. The average molecular weight is 586 g/mol. The van der Waals surface area contributed by atoms with Crippen LogP contribution in [0.5, 0.6) is 0 Å². The summed E-state index contributed by atoms with van der Waals surface area (Å²) in [7, 11) is 1.26. The molecule has 9 heteroatoms. The Morgan fingerprint density at radius 1 is 1.00 bits per heavy atom. The van der Waals surface area contributed by atoms with Gasteiger partial charge in [0.25, 0.3) is 5.91 Å². The average Bonchev–Trinajstić information content (AvgIpc) is 3.16. The molecule has 8 nitrogen and oxygen atoms in total. The molecular weight excluding hydrogens is 563 g/mol. The summed E-state index contributed by atoms with van der Waals surface area (Å²) in [5.74, 6) is -1.72. The van der Waals surface area contributed by atoms with E-state index in [4.69, 9.17) is 14.6 Å².